The van der Waals surface area contributed by atoms with Crippen LogP contribution >= 0.6 is 0 Å². The van der Waals surface area contributed by atoms with E-state index in [1.54, 1.807) is 12.1 Å². The average Bonchev–Trinajstić information content (AvgIpc) is 2.74. The first-order chi connectivity index (χ1) is 15.6. The van der Waals surface area contributed by atoms with E-state index in [4.69, 9.17) is 0 Å². The molecular weight excluding hydrogens is 396 g/mol. The molecule has 2 N–H and O–H groups in total. The summed E-state index contributed by atoms with van der Waals surface area (Å²) in [6.07, 6.45) is 26.6. The normalized spacial score (nSPS) is 11.2. The maximum absolute atomic E-state index is 12.1. The molecule has 0 radical (unpaired) electrons. The van der Waals surface area contributed by atoms with Crippen molar-refractivity contribution in [3.63, 3.8) is 0 Å². The van der Waals surface area contributed by atoms with E-state index in [-0.39, 0.29) is 17.3 Å². The molecular formula is C29H50O3. The van der Waals surface area contributed by atoms with Crippen molar-refractivity contribution in [2.24, 2.45) is 0 Å². The van der Waals surface area contributed by atoms with Gasteiger partial charge in [-0.3, -0.25) is 4.79 Å². The summed E-state index contributed by atoms with van der Waals surface area (Å²) in [4.78, 5) is 12.1. The topological polar surface area (TPSA) is 57.5 Å². The Kier molecular flexibility index (Phi) is 17.9. The van der Waals surface area contributed by atoms with E-state index in [0.717, 1.165) is 12.8 Å². The van der Waals surface area contributed by atoms with Gasteiger partial charge in [-0.2, -0.15) is 0 Å². The van der Waals surface area contributed by atoms with Crippen LogP contribution < -0.4 is 0 Å². The van der Waals surface area contributed by atoms with Crippen molar-refractivity contribution < 1.29 is 15.0 Å². The first-order valence-corrected chi connectivity index (χ1v) is 13.7. The van der Waals surface area contributed by atoms with Crippen LogP contribution in [0.5, 0.6) is 11.5 Å². The Morgan fingerprint density at radius 1 is 0.562 bits per heavy atom. The molecule has 0 saturated heterocycles. The Balaban J connectivity index is 1.79. The number of Topliss-reactive ketones (excluding diaryl/α,β-unsaturated/α-hetero) is 1. The van der Waals surface area contributed by atoms with Gasteiger partial charge in [0.2, 0.25) is 0 Å². The first kappa shape index (κ1) is 28.5. The Labute approximate surface area is 198 Å². The van der Waals surface area contributed by atoms with Gasteiger partial charge in [-0.15, -0.1) is 0 Å². The number of phenolic OH excluding ortho intramolecular Hbond substituents is 2. The minimum absolute atomic E-state index is 0.0105. The molecule has 0 bridgehead atoms. The largest absolute Gasteiger partial charge is 0.508 e. The van der Waals surface area contributed by atoms with Gasteiger partial charge in [0.1, 0.15) is 17.3 Å². The van der Waals surface area contributed by atoms with Gasteiger partial charge in [-0.05, 0) is 24.1 Å². The first-order valence-electron chi connectivity index (χ1n) is 13.7. The highest BCUT2D eigenvalue weighted by Crippen LogP contribution is 2.21. The van der Waals surface area contributed by atoms with E-state index < -0.39 is 0 Å². The van der Waals surface area contributed by atoms with Gasteiger partial charge in [0.25, 0.3) is 0 Å². The second-order valence-electron chi connectivity index (χ2n) is 9.69. The molecule has 0 aliphatic rings. The standard InChI is InChI=1S/C29H50O3/c1-2-3-4-5-6-7-8-9-10-11-12-13-14-15-16-17-18-19-20-21-27(30)22-26-23-28(31)25-29(32)24-26/h23-25,31-32H,2-22H2,1H3. The van der Waals surface area contributed by atoms with Crippen LogP contribution in [0.2, 0.25) is 0 Å². The summed E-state index contributed by atoms with van der Waals surface area (Å²) < 4.78 is 0. The lowest BCUT2D eigenvalue weighted by Crippen LogP contribution is -2.02. The molecule has 0 fully saturated rings. The van der Waals surface area contributed by atoms with Crippen molar-refractivity contribution in [1.29, 1.82) is 0 Å². The summed E-state index contributed by atoms with van der Waals surface area (Å²) in [5, 5.41) is 19.0. The fraction of sp³-hybridized carbons (Fsp3) is 0.759. The van der Waals surface area contributed by atoms with Crippen molar-refractivity contribution in [2.75, 3.05) is 0 Å². The van der Waals surface area contributed by atoms with E-state index in [0.29, 0.717) is 18.4 Å². The minimum Gasteiger partial charge on any atom is -0.508 e. The van der Waals surface area contributed by atoms with E-state index in [9.17, 15) is 15.0 Å². The van der Waals surface area contributed by atoms with Crippen LogP contribution in [0.1, 0.15) is 141 Å². The molecule has 0 saturated carbocycles. The summed E-state index contributed by atoms with van der Waals surface area (Å²) in [5.74, 6) is 0.203. The Bertz CT molecular complexity index is 562. The van der Waals surface area contributed by atoms with Crippen LogP contribution in [0.15, 0.2) is 18.2 Å². The molecule has 0 atom stereocenters. The third-order valence-electron chi connectivity index (χ3n) is 6.42. The minimum atomic E-state index is 0.0105. The van der Waals surface area contributed by atoms with Crippen molar-refractivity contribution in [1.82, 2.24) is 0 Å². The predicted molar refractivity (Wildman–Crippen MR) is 136 cm³/mol. The molecule has 0 aliphatic carbocycles. The summed E-state index contributed by atoms with van der Waals surface area (Å²) in [6, 6.07) is 4.38. The van der Waals surface area contributed by atoms with Gasteiger partial charge < -0.3 is 10.2 Å². The Morgan fingerprint density at radius 3 is 1.28 bits per heavy atom. The number of hydrogen-bond donors (Lipinski definition) is 2. The molecule has 0 amide bonds. The third-order valence-corrected chi connectivity index (χ3v) is 6.42. The highest BCUT2D eigenvalue weighted by Gasteiger charge is 2.06. The summed E-state index contributed by atoms with van der Waals surface area (Å²) in [7, 11) is 0. The molecule has 0 spiro atoms. The van der Waals surface area contributed by atoms with E-state index in [1.165, 1.54) is 115 Å². The molecule has 0 aliphatic heterocycles. The number of hydrogen-bond acceptors (Lipinski definition) is 3. The average molecular weight is 447 g/mol. The van der Waals surface area contributed by atoms with Crippen molar-refractivity contribution in [3.8, 4) is 11.5 Å². The maximum atomic E-state index is 12.1. The fourth-order valence-corrected chi connectivity index (χ4v) is 4.48. The summed E-state index contributed by atoms with van der Waals surface area (Å²) in [5.41, 5.74) is 0.685. The molecule has 0 unspecified atom stereocenters. The predicted octanol–water partition coefficient (Wildman–Crippen LogP) is 9.03. The molecule has 1 aromatic carbocycles. The van der Waals surface area contributed by atoms with Gasteiger partial charge in [0.05, 0.1) is 0 Å². The van der Waals surface area contributed by atoms with Crippen LogP contribution in [-0.2, 0) is 11.2 Å². The Hall–Kier alpha value is -1.51. The zero-order valence-corrected chi connectivity index (χ0v) is 20.9. The smallest absolute Gasteiger partial charge is 0.137 e. The highest BCUT2D eigenvalue weighted by atomic mass is 16.3. The number of unbranched alkanes of at least 4 members (excludes halogenated alkanes) is 18. The van der Waals surface area contributed by atoms with Crippen LogP contribution in [0.25, 0.3) is 0 Å². The number of carbonyl (C=O) groups is 1. The lowest BCUT2D eigenvalue weighted by atomic mass is 10.0. The molecule has 1 aromatic rings. The highest BCUT2D eigenvalue weighted by molar-refractivity contribution is 5.81. The SMILES string of the molecule is CCCCCCCCCCCCCCCCCCCCCC(=O)Cc1cc(O)cc(O)c1. The molecule has 1 rings (SSSR count). The summed E-state index contributed by atoms with van der Waals surface area (Å²) >= 11 is 0. The lowest BCUT2D eigenvalue weighted by Gasteiger charge is -2.05. The number of aromatic hydroxyl groups is 2. The van der Waals surface area contributed by atoms with E-state index in [1.807, 2.05) is 0 Å². The fourth-order valence-electron chi connectivity index (χ4n) is 4.48. The second-order valence-corrected chi connectivity index (χ2v) is 9.69. The number of phenols is 2. The quantitative estimate of drug-likeness (QED) is 0.175. The van der Waals surface area contributed by atoms with Crippen LogP contribution in [0.4, 0.5) is 0 Å². The number of rotatable bonds is 22. The number of carbonyl (C=O) groups excluding carboxylic acids is 1. The lowest BCUT2D eigenvalue weighted by molar-refractivity contribution is -0.118. The maximum Gasteiger partial charge on any atom is 0.137 e. The zero-order valence-electron chi connectivity index (χ0n) is 20.9. The molecule has 184 valence electrons. The summed E-state index contributed by atoms with van der Waals surface area (Å²) in [6.45, 7) is 2.28. The molecule has 0 aromatic heterocycles. The molecule has 3 nitrogen and oxygen atoms in total. The van der Waals surface area contributed by atoms with Crippen LogP contribution in [0.3, 0.4) is 0 Å². The van der Waals surface area contributed by atoms with Gasteiger partial charge in [0.15, 0.2) is 0 Å². The molecule has 3 heteroatoms. The van der Waals surface area contributed by atoms with Gasteiger partial charge in [-0.1, -0.05) is 122 Å². The van der Waals surface area contributed by atoms with Gasteiger partial charge >= 0.3 is 0 Å². The molecule has 32 heavy (non-hydrogen) atoms. The van der Waals surface area contributed by atoms with Crippen molar-refractivity contribution in [3.05, 3.63) is 23.8 Å². The third kappa shape index (κ3) is 17.1. The monoisotopic (exact) mass is 446 g/mol. The van der Waals surface area contributed by atoms with Gasteiger partial charge in [0, 0.05) is 18.9 Å². The molecule has 0 heterocycles. The van der Waals surface area contributed by atoms with Crippen molar-refractivity contribution in [2.45, 2.75) is 142 Å². The van der Waals surface area contributed by atoms with Crippen LogP contribution in [0, 0.1) is 0 Å². The van der Waals surface area contributed by atoms with E-state index in [2.05, 4.69) is 6.92 Å². The zero-order chi connectivity index (χ0) is 23.3. The number of ketones is 1. The number of benzene rings is 1. The van der Waals surface area contributed by atoms with E-state index >= 15 is 0 Å². The van der Waals surface area contributed by atoms with Crippen LogP contribution in [-0.4, -0.2) is 16.0 Å². The Morgan fingerprint density at radius 2 is 0.906 bits per heavy atom. The van der Waals surface area contributed by atoms with Crippen molar-refractivity contribution >= 4 is 5.78 Å². The van der Waals surface area contributed by atoms with Gasteiger partial charge in [-0.25, -0.2) is 0 Å². The second kappa shape index (κ2) is 20.1.